The molecule has 0 heterocycles. The molecule has 0 bridgehead atoms. The summed E-state index contributed by atoms with van der Waals surface area (Å²) in [5.74, 6) is 0.561. The second kappa shape index (κ2) is 4.46. The van der Waals surface area contributed by atoms with Crippen LogP contribution in [-0.4, -0.2) is 18.8 Å². The van der Waals surface area contributed by atoms with Gasteiger partial charge in [0.05, 0.1) is 13.2 Å². The maximum Gasteiger partial charge on any atom is 0.126 e. The molecule has 0 aromatic heterocycles. The predicted octanol–water partition coefficient (Wildman–Crippen LogP) is 1.34. The Balaban J connectivity index is 3.05. The highest BCUT2D eigenvalue weighted by Crippen LogP contribution is 2.27. The maximum atomic E-state index is 9.48. The molecule has 0 aliphatic heterocycles. The van der Waals surface area contributed by atoms with Crippen LogP contribution >= 0.6 is 11.6 Å². The van der Waals surface area contributed by atoms with Crippen molar-refractivity contribution < 1.29 is 9.84 Å². The average molecular weight is 202 g/mol. The Kier molecular flexibility index (Phi) is 3.54. The van der Waals surface area contributed by atoms with E-state index in [2.05, 4.69) is 0 Å². The fourth-order valence-electron chi connectivity index (χ4n) is 1.09. The average Bonchev–Trinajstić information content (AvgIpc) is 2.16. The molecule has 1 atom stereocenters. The summed E-state index contributed by atoms with van der Waals surface area (Å²) in [4.78, 5) is 0. The zero-order valence-corrected chi connectivity index (χ0v) is 8.08. The van der Waals surface area contributed by atoms with Gasteiger partial charge in [0.15, 0.2) is 0 Å². The van der Waals surface area contributed by atoms with E-state index in [0.29, 0.717) is 16.3 Å². The van der Waals surface area contributed by atoms with Crippen molar-refractivity contribution in [3.63, 3.8) is 0 Å². The van der Waals surface area contributed by atoms with Crippen LogP contribution in [0.5, 0.6) is 5.75 Å². The van der Waals surface area contributed by atoms with Gasteiger partial charge in [-0.15, -0.1) is 0 Å². The Morgan fingerprint density at radius 2 is 2.31 bits per heavy atom. The molecule has 3 N–H and O–H groups in total. The van der Waals surface area contributed by atoms with E-state index in [-0.39, 0.29) is 6.54 Å². The van der Waals surface area contributed by atoms with Crippen LogP contribution in [0.3, 0.4) is 0 Å². The number of aliphatic hydroxyl groups is 1. The van der Waals surface area contributed by atoms with Gasteiger partial charge in [0.1, 0.15) is 5.75 Å². The van der Waals surface area contributed by atoms with Gasteiger partial charge in [0.2, 0.25) is 0 Å². The first-order valence-electron chi connectivity index (χ1n) is 3.90. The minimum absolute atomic E-state index is 0.165. The van der Waals surface area contributed by atoms with Crippen LogP contribution in [0, 0.1) is 0 Å². The minimum Gasteiger partial charge on any atom is -0.496 e. The second-order valence-corrected chi connectivity index (χ2v) is 3.07. The molecule has 3 nitrogen and oxygen atoms in total. The third-order valence-corrected chi connectivity index (χ3v) is 2.01. The number of rotatable bonds is 3. The van der Waals surface area contributed by atoms with Gasteiger partial charge < -0.3 is 15.6 Å². The standard InChI is InChI=1S/C9H12ClNO2/c1-13-9-4-6(10)2-3-7(9)8(12)5-11/h2-4,8,12H,5,11H2,1H3. The number of nitrogens with two attached hydrogens (primary N) is 1. The van der Waals surface area contributed by atoms with E-state index in [4.69, 9.17) is 22.1 Å². The third-order valence-electron chi connectivity index (χ3n) is 1.78. The molecule has 1 unspecified atom stereocenters. The van der Waals surface area contributed by atoms with Gasteiger partial charge in [-0.3, -0.25) is 0 Å². The summed E-state index contributed by atoms with van der Waals surface area (Å²) >= 11 is 5.75. The lowest BCUT2D eigenvalue weighted by atomic mass is 10.1. The molecule has 0 radical (unpaired) electrons. The van der Waals surface area contributed by atoms with Crippen molar-refractivity contribution in [2.45, 2.75) is 6.10 Å². The molecule has 0 saturated carbocycles. The summed E-state index contributed by atoms with van der Waals surface area (Å²) in [6, 6.07) is 5.05. The van der Waals surface area contributed by atoms with E-state index in [1.807, 2.05) is 0 Å². The first-order valence-corrected chi connectivity index (χ1v) is 4.28. The fourth-order valence-corrected chi connectivity index (χ4v) is 1.25. The molecule has 4 heteroatoms. The quantitative estimate of drug-likeness (QED) is 0.776. The molecule has 0 spiro atoms. The summed E-state index contributed by atoms with van der Waals surface area (Å²) in [6.07, 6.45) is -0.702. The van der Waals surface area contributed by atoms with Gasteiger partial charge in [-0.25, -0.2) is 0 Å². The highest BCUT2D eigenvalue weighted by Gasteiger charge is 2.11. The summed E-state index contributed by atoms with van der Waals surface area (Å²) in [7, 11) is 1.53. The third kappa shape index (κ3) is 2.34. The molecular formula is C9H12ClNO2. The van der Waals surface area contributed by atoms with Gasteiger partial charge in [-0.1, -0.05) is 17.7 Å². The molecule has 72 valence electrons. The van der Waals surface area contributed by atoms with Crippen molar-refractivity contribution in [1.82, 2.24) is 0 Å². The van der Waals surface area contributed by atoms with Crippen molar-refractivity contribution in [3.05, 3.63) is 28.8 Å². The molecule has 1 aromatic rings. The Morgan fingerprint density at radius 3 is 2.85 bits per heavy atom. The molecule has 1 aromatic carbocycles. The Labute approximate surface area is 82.1 Å². The number of methoxy groups -OCH3 is 1. The van der Waals surface area contributed by atoms with E-state index in [1.165, 1.54) is 7.11 Å². The van der Waals surface area contributed by atoms with E-state index in [1.54, 1.807) is 18.2 Å². The monoisotopic (exact) mass is 201 g/mol. The zero-order chi connectivity index (χ0) is 9.84. The smallest absolute Gasteiger partial charge is 0.126 e. The van der Waals surface area contributed by atoms with Crippen LogP contribution in [0.25, 0.3) is 0 Å². The van der Waals surface area contributed by atoms with Crippen molar-refractivity contribution in [1.29, 1.82) is 0 Å². The van der Waals surface area contributed by atoms with Crippen molar-refractivity contribution in [2.75, 3.05) is 13.7 Å². The summed E-state index contributed by atoms with van der Waals surface area (Å²) in [5, 5.41) is 10.1. The molecule has 0 aliphatic rings. The van der Waals surface area contributed by atoms with Crippen LogP contribution in [0.2, 0.25) is 5.02 Å². The number of hydrogen-bond acceptors (Lipinski definition) is 3. The molecule has 0 saturated heterocycles. The Bertz CT molecular complexity index is 291. The number of hydrogen-bond donors (Lipinski definition) is 2. The van der Waals surface area contributed by atoms with Crippen molar-refractivity contribution >= 4 is 11.6 Å². The number of aliphatic hydroxyl groups excluding tert-OH is 1. The van der Waals surface area contributed by atoms with Gasteiger partial charge in [-0.05, 0) is 12.1 Å². The highest BCUT2D eigenvalue weighted by molar-refractivity contribution is 6.30. The lowest BCUT2D eigenvalue weighted by Crippen LogP contribution is -2.12. The summed E-state index contributed by atoms with van der Waals surface area (Å²) in [6.45, 7) is 0.165. The van der Waals surface area contributed by atoms with E-state index >= 15 is 0 Å². The Hall–Kier alpha value is -0.770. The largest absolute Gasteiger partial charge is 0.496 e. The molecule has 13 heavy (non-hydrogen) atoms. The number of ether oxygens (including phenoxy) is 1. The van der Waals surface area contributed by atoms with E-state index in [0.717, 1.165) is 0 Å². The minimum atomic E-state index is -0.702. The fraction of sp³-hybridized carbons (Fsp3) is 0.333. The molecule has 0 aliphatic carbocycles. The van der Waals surface area contributed by atoms with Crippen LogP contribution < -0.4 is 10.5 Å². The maximum absolute atomic E-state index is 9.48. The van der Waals surface area contributed by atoms with Crippen molar-refractivity contribution in [3.8, 4) is 5.75 Å². The highest BCUT2D eigenvalue weighted by atomic mass is 35.5. The summed E-state index contributed by atoms with van der Waals surface area (Å²) < 4.78 is 5.05. The van der Waals surface area contributed by atoms with Crippen LogP contribution in [0.4, 0.5) is 0 Å². The van der Waals surface area contributed by atoms with Crippen LogP contribution in [-0.2, 0) is 0 Å². The van der Waals surface area contributed by atoms with Gasteiger partial charge in [-0.2, -0.15) is 0 Å². The lowest BCUT2D eigenvalue weighted by Gasteiger charge is -2.12. The van der Waals surface area contributed by atoms with E-state index < -0.39 is 6.10 Å². The van der Waals surface area contributed by atoms with Gasteiger partial charge in [0, 0.05) is 17.1 Å². The topological polar surface area (TPSA) is 55.5 Å². The van der Waals surface area contributed by atoms with E-state index in [9.17, 15) is 5.11 Å². The van der Waals surface area contributed by atoms with Gasteiger partial charge >= 0.3 is 0 Å². The number of benzene rings is 1. The van der Waals surface area contributed by atoms with Crippen LogP contribution in [0.1, 0.15) is 11.7 Å². The summed E-state index contributed by atoms with van der Waals surface area (Å²) in [5.41, 5.74) is 5.99. The van der Waals surface area contributed by atoms with Crippen molar-refractivity contribution in [2.24, 2.45) is 5.73 Å². The first kappa shape index (κ1) is 10.3. The normalized spacial score (nSPS) is 12.6. The first-order chi connectivity index (χ1) is 6.19. The van der Waals surface area contributed by atoms with Crippen LogP contribution in [0.15, 0.2) is 18.2 Å². The second-order valence-electron chi connectivity index (χ2n) is 2.64. The number of halogens is 1. The predicted molar refractivity (Wildman–Crippen MR) is 52.0 cm³/mol. The van der Waals surface area contributed by atoms with Gasteiger partial charge in [0.25, 0.3) is 0 Å². The molecule has 0 amide bonds. The molecular weight excluding hydrogens is 190 g/mol. The Morgan fingerprint density at radius 1 is 1.62 bits per heavy atom. The zero-order valence-electron chi connectivity index (χ0n) is 7.33. The molecule has 1 rings (SSSR count). The molecule has 0 fully saturated rings. The lowest BCUT2D eigenvalue weighted by molar-refractivity contribution is 0.182. The SMILES string of the molecule is COc1cc(Cl)ccc1C(O)CN.